The average molecular weight is 250 g/mol. The van der Waals surface area contributed by atoms with Crippen molar-refractivity contribution in [3.05, 3.63) is 23.9 Å². The number of carbonyl (C=O) groups excluding carboxylic acids is 2. The summed E-state index contributed by atoms with van der Waals surface area (Å²) in [6.45, 7) is 4.33. The van der Waals surface area contributed by atoms with Gasteiger partial charge in [-0.3, -0.25) is 9.59 Å². The van der Waals surface area contributed by atoms with E-state index in [1.54, 1.807) is 25.3 Å². The van der Waals surface area contributed by atoms with Crippen molar-refractivity contribution < 1.29 is 9.59 Å². The number of primary amides is 1. The highest BCUT2D eigenvalue weighted by molar-refractivity contribution is 5.99. The maximum absolute atomic E-state index is 12.0. The zero-order valence-corrected chi connectivity index (χ0v) is 10.6. The SMILES string of the molecule is CCNc1ncccc1C(=O)NC(C)CC(N)=O. The number of hydrogen-bond donors (Lipinski definition) is 3. The molecule has 0 aliphatic heterocycles. The highest BCUT2D eigenvalue weighted by Crippen LogP contribution is 2.11. The van der Waals surface area contributed by atoms with Crippen molar-refractivity contribution in [1.82, 2.24) is 10.3 Å². The number of carbonyl (C=O) groups is 2. The monoisotopic (exact) mass is 250 g/mol. The molecule has 98 valence electrons. The second-order valence-electron chi connectivity index (χ2n) is 3.97. The summed E-state index contributed by atoms with van der Waals surface area (Å²) in [5.41, 5.74) is 5.52. The molecule has 1 atom stereocenters. The lowest BCUT2D eigenvalue weighted by Gasteiger charge is -2.14. The summed E-state index contributed by atoms with van der Waals surface area (Å²) in [7, 11) is 0. The maximum atomic E-state index is 12.0. The maximum Gasteiger partial charge on any atom is 0.255 e. The van der Waals surface area contributed by atoms with Crippen LogP contribution in [0, 0.1) is 0 Å². The van der Waals surface area contributed by atoms with Crippen molar-refractivity contribution in [3.63, 3.8) is 0 Å². The van der Waals surface area contributed by atoms with Crippen molar-refractivity contribution in [2.45, 2.75) is 26.3 Å². The highest BCUT2D eigenvalue weighted by Gasteiger charge is 2.15. The fourth-order valence-corrected chi connectivity index (χ4v) is 1.55. The highest BCUT2D eigenvalue weighted by atomic mass is 16.2. The molecule has 1 aromatic heterocycles. The van der Waals surface area contributed by atoms with Crippen LogP contribution in [0.4, 0.5) is 5.82 Å². The minimum absolute atomic E-state index is 0.114. The Balaban J connectivity index is 2.74. The lowest BCUT2D eigenvalue weighted by Crippen LogP contribution is -2.36. The van der Waals surface area contributed by atoms with Gasteiger partial charge in [-0.05, 0) is 26.0 Å². The van der Waals surface area contributed by atoms with Crippen molar-refractivity contribution in [3.8, 4) is 0 Å². The number of nitrogens with one attached hydrogen (secondary N) is 2. The van der Waals surface area contributed by atoms with E-state index in [1.165, 1.54) is 0 Å². The third kappa shape index (κ3) is 4.04. The van der Waals surface area contributed by atoms with Crippen LogP contribution in [0.2, 0.25) is 0 Å². The van der Waals surface area contributed by atoms with Gasteiger partial charge in [0.25, 0.3) is 5.91 Å². The zero-order chi connectivity index (χ0) is 13.5. The molecule has 1 unspecified atom stereocenters. The molecule has 0 aliphatic carbocycles. The van der Waals surface area contributed by atoms with Crippen LogP contribution in [0.5, 0.6) is 0 Å². The molecule has 0 bridgehead atoms. The first-order valence-corrected chi connectivity index (χ1v) is 5.82. The summed E-state index contributed by atoms with van der Waals surface area (Å²) in [4.78, 5) is 26.8. The molecule has 0 saturated carbocycles. The van der Waals surface area contributed by atoms with E-state index in [-0.39, 0.29) is 18.4 Å². The molecule has 0 aliphatic rings. The Kier molecular flexibility index (Phi) is 5.10. The lowest BCUT2D eigenvalue weighted by atomic mass is 10.2. The van der Waals surface area contributed by atoms with Gasteiger partial charge in [0.2, 0.25) is 5.91 Å². The van der Waals surface area contributed by atoms with E-state index in [4.69, 9.17) is 5.73 Å². The van der Waals surface area contributed by atoms with Gasteiger partial charge in [-0.25, -0.2) is 4.98 Å². The molecule has 4 N–H and O–H groups in total. The standard InChI is InChI=1S/C12H18N4O2/c1-3-14-11-9(5-4-6-15-11)12(18)16-8(2)7-10(13)17/h4-6,8H,3,7H2,1-2H3,(H2,13,17)(H,14,15)(H,16,18). The van der Waals surface area contributed by atoms with Crippen molar-refractivity contribution in [2.24, 2.45) is 5.73 Å². The van der Waals surface area contributed by atoms with E-state index in [9.17, 15) is 9.59 Å². The fraction of sp³-hybridized carbons (Fsp3) is 0.417. The number of rotatable bonds is 6. The summed E-state index contributed by atoms with van der Waals surface area (Å²) in [5.74, 6) is -0.183. The van der Waals surface area contributed by atoms with Crippen LogP contribution in [0.25, 0.3) is 0 Å². The lowest BCUT2D eigenvalue weighted by molar-refractivity contribution is -0.118. The van der Waals surface area contributed by atoms with Crippen LogP contribution in [0.15, 0.2) is 18.3 Å². The zero-order valence-electron chi connectivity index (χ0n) is 10.6. The minimum Gasteiger partial charge on any atom is -0.370 e. The summed E-state index contributed by atoms with van der Waals surface area (Å²) in [5, 5.41) is 5.71. The molecular formula is C12H18N4O2. The van der Waals surface area contributed by atoms with Crippen LogP contribution in [0.1, 0.15) is 30.6 Å². The van der Waals surface area contributed by atoms with E-state index in [2.05, 4.69) is 15.6 Å². The second-order valence-corrected chi connectivity index (χ2v) is 3.97. The largest absolute Gasteiger partial charge is 0.370 e. The van der Waals surface area contributed by atoms with Gasteiger partial charge in [-0.1, -0.05) is 0 Å². The normalized spacial score (nSPS) is 11.7. The van der Waals surface area contributed by atoms with Gasteiger partial charge in [-0.2, -0.15) is 0 Å². The molecule has 6 nitrogen and oxygen atoms in total. The number of nitrogens with two attached hydrogens (primary N) is 1. The Labute approximate surface area is 106 Å². The van der Waals surface area contributed by atoms with Gasteiger partial charge in [0.05, 0.1) is 5.56 Å². The topological polar surface area (TPSA) is 97.1 Å². The molecular weight excluding hydrogens is 232 g/mol. The van der Waals surface area contributed by atoms with Gasteiger partial charge in [0.15, 0.2) is 0 Å². The smallest absolute Gasteiger partial charge is 0.255 e. The predicted molar refractivity (Wildman–Crippen MR) is 69.1 cm³/mol. The van der Waals surface area contributed by atoms with Crippen molar-refractivity contribution in [2.75, 3.05) is 11.9 Å². The Morgan fingerprint density at radius 2 is 2.22 bits per heavy atom. The number of hydrogen-bond acceptors (Lipinski definition) is 4. The molecule has 0 spiro atoms. The van der Waals surface area contributed by atoms with Gasteiger partial charge in [0, 0.05) is 25.2 Å². The van der Waals surface area contributed by atoms with E-state index in [1.807, 2.05) is 6.92 Å². The molecule has 6 heteroatoms. The third-order valence-electron chi connectivity index (χ3n) is 2.28. The Bertz CT molecular complexity index is 434. The molecule has 0 radical (unpaired) electrons. The van der Waals surface area contributed by atoms with E-state index in [0.29, 0.717) is 17.9 Å². The van der Waals surface area contributed by atoms with Crippen LogP contribution in [-0.4, -0.2) is 29.4 Å². The first-order chi connectivity index (χ1) is 8.54. The number of anilines is 1. The van der Waals surface area contributed by atoms with Crippen LogP contribution in [0.3, 0.4) is 0 Å². The summed E-state index contributed by atoms with van der Waals surface area (Å²) in [6.07, 6.45) is 1.73. The molecule has 18 heavy (non-hydrogen) atoms. The van der Waals surface area contributed by atoms with Gasteiger partial charge >= 0.3 is 0 Å². The first kappa shape index (κ1) is 14.0. The fourth-order valence-electron chi connectivity index (χ4n) is 1.55. The second kappa shape index (κ2) is 6.58. The average Bonchev–Trinajstić information content (AvgIpc) is 2.28. The summed E-state index contributed by atoms with van der Waals surface area (Å²) < 4.78 is 0. The molecule has 2 amide bonds. The van der Waals surface area contributed by atoms with Crippen LogP contribution < -0.4 is 16.4 Å². The van der Waals surface area contributed by atoms with Gasteiger partial charge in [0.1, 0.15) is 5.82 Å². The third-order valence-corrected chi connectivity index (χ3v) is 2.28. The van der Waals surface area contributed by atoms with E-state index >= 15 is 0 Å². The Morgan fingerprint density at radius 3 is 2.83 bits per heavy atom. The Hall–Kier alpha value is -2.11. The van der Waals surface area contributed by atoms with E-state index < -0.39 is 5.91 Å². The van der Waals surface area contributed by atoms with Crippen LogP contribution >= 0.6 is 0 Å². The van der Waals surface area contributed by atoms with Crippen molar-refractivity contribution >= 4 is 17.6 Å². The number of pyridine rings is 1. The number of nitrogens with zero attached hydrogens (tertiary/aromatic N) is 1. The Morgan fingerprint density at radius 1 is 1.50 bits per heavy atom. The first-order valence-electron chi connectivity index (χ1n) is 5.82. The molecule has 0 aromatic carbocycles. The predicted octanol–water partition coefficient (Wildman–Crippen LogP) is 0.507. The van der Waals surface area contributed by atoms with Crippen LogP contribution in [-0.2, 0) is 4.79 Å². The molecule has 0 saturated heterocycles. The molecule has 0 fully saturated rings. The van der Waals surface area contributed by atoms with Crippen molar-refractivity contribution in [1.29, 1.82) is 0 Å². The number of aromatic nitrogens is 1. The van der Waals surface area contributed by atoms with Gasteiger partial charge < -0.3 is 16.4 Å². The van der Waals surface area contributed by atoms with Gasteiger partial charge in [-0.15, -0.1) is 0 Å². The quantitative estimate of drug-likeness (QED) is 0.685. The number of amides is 2. The molecule has 1 rings (SSSR count). The minimum atomic E-state index is -0.444. The molecule has 1 aromatic rings. The summed E-state index contributed by atoms with van der Waals surface area (Å²) in [6, 6.07) is 3.07. The van der Waals surface area contributed by atoms with E-state index in [0.717, 1.165) is 0 Å². The molecule has 1 heterocycles. The summed E-state index contributed by atoms with van der Waals surface area (Å²) >= 11 is 0.